The van der Waals surface area contributed by atoms with E-state index in [9.17, 15) is 13.2 Å². The van der Waals surface area contributed by atoms with Gasteiger partial charge in [-0.05, 0) is 24.3 Å². The zero-order valence-electron chi connectivity index (χ0n) is 5.92. The number of alkyl halides is 3. The lowest BCUT2D eigenvalue weighted by atomic mass is 10.3. The van der Waals surface area contributed by atoms with Gasteiger partial charge in [0.25, 0.3) is 0 Å². The van der Waals surface area contributed by atoms with Crippen LogP contribution in [0.1, 0.15) is 0 Å². The van der Waals surface area contributed by atoms with Gasteiger partial charge in [-0.1, -0.05) is 0 Å². The molecule has 0 aliphatic carbocycles. The molecule has 0 saturated heterocycles. The van der Waals surface area contributed by atoms with Crippen molar-refractivity contribution in [2.24, 2.45) is 0 Å². The van der Waals surface area contributed by atoms with Gasteiger partial charge < -0.3 is 10.2 Å². The second-order valence-corrected chi connectivity index (χ2v) is 1.76. The molecule has 0 radical (unpaired) electrons. The molecule has 1 aromatic rings. The zero-order valence-corrected chi connectivity index (χ0v) is 5.92. The van der Waals surface area contributed by atoms with Crippen molar-refractivity contribution in [3.8, 4) is 11.5 Å². The quantitative estimate of drug-likeness (QED) is 0.601. The van der Waals surface area contributed by atoms with Gasteiger partial charge in [0.15, 0.2) is 0 Å². The summed E-state index contributed by atoms with van der Waals surface area (Å²) in [5.41, 5.74) is 0. The van der Waals surface area contributed by atoms with Crippen molar-refractivity contribution in [1.29, 1.82) is 0 Å². The topological polar surface area (TPSA) is 40.5 Å². The number of benzene rings is 1. The summed E-state index contributed by atoms with van der Waals surface area (Å²) in [6, 6.07) is 5.70. The molecule has 0 heterocycles. The predicted molar refractivity (Wildman–Crippen MR) is 36.9 cm³/mol. The molecule has 0 atom stereocenters. The molecule has 68 valence electrons. The molecule has 0 amide bonds. The lowest BCUT2D eigenvalue weighted by Crippen LogP contribution is -1.65. The van der Waals surface area contributed by atoms with E-state index in [1.165, 1.54) is 24.3 Å². The van der Waals surface area contributed by atoms with Crippen molar-refractivity contribution >= 4 is 0 Å². The Hall–Kier alpha value is -1.39. The molecule has 0 aliphatic rings. The Labute approximate surface area is 66.9 Å². The molecule has 0 bridgehead atoms. The first-order valence-corrected chi connectivity index (χ1v) is 2.92. The zero-order chi connectivity index (χ0) is 9.56. The number of halogens is 3. The Morgan fingerprint density at radius 2 is 1.00 bits per heavy atom. The summed E-state index contributed by atoms with van der Waals surface area (Å²) in [6.45, 7) is -3.67. The smallest absolute Gasteiger partial charge is 0.379 e. The maximum atomic E-state index is 9.67. The van der Waals surface area contributed by atoms with E-state index in [1.54, 1.807) is 0 Å². The summed E-state index contributed by atoms with van der Waals surface area (Å²) in [6.07, 6.45) is 0. The highest BCUT2D eigenvalue weighted by atomic mass is 19.4. The SMILES string of the molecule is FC(F)F.Oc1ccc(O)cc1. The third kappa shape index (κ3) is 6.73. The lowest BCUT2D eigenvalue weighted by Gasteiger charge is -1.88. The van der Waals surface area contributed by atoms with Crippen LogP contribution < -0.4 is 0 Å². The van der Waals surface area contributed by atoms with Gasteiger partial charge >= 0.3 is 6.68 Å². The molecular formula is C7H7F3O2. The van der Waals surface area contributed by atoms with E-state index >= 15 is 0 Å². The molecule has 0 unspecified atom stereocenters. The highest BCUT2D eigenvalue weighted by Gasteiger charge is 1.86. The van der Waals surface area contributed by atoms with Crippen molar-refractivity contribution in [2.45, 2.75) is 6.68 Å². The molecule has 5 heteroatoms. The molecule has 0 fully saturated rings. The maximum absolute atomic E-state index is 9.67. The van der Waals surface area contributed by atoms with E-state index in [2.05, 4.69) is 0 Å². The van der Waals surface area contributed by atoms with E-state index in [0.717, 1.165) is 0 Å². The minimum absolute atomic E-state index is 0.169. The van der Waals surface area contributed by atoms with E-state index in [4.69, 9.17) is 10.2 Å². The second-order valence-electron chi connectivity index (χ2n) is 1.76. The van der Waals surface area contributed by atoms with Crippen LogP contribution in [0, 0.1) is 0 Å². The molecule has 12 heavy (non-hydrogen) atoms. The Kier molecular flexibility index (Phi) is 4.67. The molecule has 1 aromatic carbocycles. The van der Waals surface area contributed by atoms with Gasteiger partial charge in [-0.2, -0.15) is 13.2 Å². The molecule has 1 rings (SSSR count). The second kappa shape index (κ2) is 5.29. The Bertz CT molecular complexity index is 187. The first-order chi connectivity index (χ1) is 5.52. The van der Waals surface area contributed by atoms with Crippen molar-refractivity contribution in [2.75, 3.05) is 0 Å². The first-order valence-electron chi connectivity index (χ1n) is 2.92. The van der Waals surface area contributed by atoms with Gasteiger partial charge in [0, 0.05) is 0 Å². The van der Waals surface area contributed by atoms with E-state index < -0.39 is 6.68 Å². The summed E-state index contributed by atoms with van der Waals surface area (Å²) in [5.74, 6) is 0.339. The van der Waals surface area contributed by atoms with Crippen LogP contribution >= 0.6 is 0 Å². The fraction of sp³-hybridized carbons (Fsp3) is 0.143. The fourth-order valence-corrected chi connectivity index (χ4v) is 0.453. The molecule has 0 spiro atoms. The highest BCUT2D eigenvalue weighted by Crippen LogP contribution is 2.13. The van der Waals surface area contributed by atoms with Crippen LogP contribution in [0.3, 0.4) is 0 Å². The summed E-state index contributed by atoms with van der Waals surface area (Å²) in [7, 11) is 0. The van der Waals surface area contributed by atoms with Crippen LogP contribution in [0.2, 0.25) is 0 Å². The summed E-state index contributed by atoms with van der Waals surface area (Å²) in [5, 5.41) is 17.3. The third-order valence-electron chi connectivity index (χ3n) is 0.850. The lowest BCUT2D eigenvalue weighted by molar-refractivity contribution is 0.00819. The van der Waals surface area contributed by atoms with Gasteiger partial charge in [-0.25, -0.2) is 0 Å². The van der Waals surface area contributed by atoms with E-state index in [-0.39, 0.29) is 11.5 Å². The van der Waals surface area contributed by atoms with Crippen molar-refractivity contribution in [1.82, 2.24) is 0 Å². The number of hydrogen-bond donors (Lipinski definition) is 2. The monoisotopic (exact) mass is 180 g/mol. The van der Waals surface area contributed by atoms with Crippen LogP contribution in [-0.4, -0.2) is 16.9 Å². The van der Waals surface area contributed by atoms with Gasteiger partial charge in [0.1, 0.15) is 11.5 Å². The van der Waals surface area contributed by atoms with Crippen LogP contribution in [0.5, 0.6) is 11.5 Å². The minimum atomic E-state index is -3.67. The summed E-state index contributed by atoms with van der Waals surface area (Å²) < 4.78 is 29.0. The fourth-order valence-electron chi connectivity index (χ4n) is 0.453. The molecule has 0 saturated carbocycles. The van der Waals surface area contributed by atoms with Crippen molar-refractivity contribution in [3.05, 3.63) is 24.3 Å². The van der Waals surface area contributed by atoms with Gasteiger partial charge in [0.2, 0.25) is 0 Å². The molecule has 2 nitrogen and oxygen atoms in total. The average Bonchev–Trinajstić information content (AvgIpc) is 1.94. The maximum Gasteiger partial charge on any atom is 0.379 e. The number of aromatic hydroxyl groups is 2. The van der Waals surface area contributed by atoms with Gasteiger partial charge in [-0.15, -0.1) is 0 Å². The Balaban J connectivity index is 0.000000261. The third-order valence-corrected chi connectivity index (χ3v) is 0.850. The number of rotatable bonds is 0. The van der Waals surface area contributed by atoms with Crippen molar-refractivity contribution in [3.63, 3.8) is 0 Å². The number of phenols is 2. The highest BCUT2D eigenvalue weighted by molar-refractivity contribution is 5.28. The number of phenolic OH excluding ortho intramolecular Hbond substituents is 2. The van der Waals surface area contributed by atoms with Crippen molar-refractivity contribution < 1.29 is 23.4 Å². The average molecular weight is 180 g/mol. The Morgan fingerprint density at radius 3 is 1.17 bits per heavy atom. The molecule has 2 N–H and O–H groups in total. The van der Waals surface area contributed by atoms with E-state index in [1.807, 2.05) is 0 Å². The normalized spacial score (nSPS) is 9.00. The standard InChI is InChI=1S/C6H6O2.CHF3/c7-5-1-2-6(8)4-3-5;2-1(3)4/h1-4,7-8H;1H. The minimum Gasteiger partial charge on any atom is -0.508 e. The molecule has 0 aliphatic heterocycles. The summed E-state index contributed by atoms with van der Waals surface area (Å²) in [4.78, 5) is 0. The predicted octanol–water partition coefficient (Wildman–Crippen LogP) is 2.28. The van der Waals surface area contributed by atoms with Crippen LogP contribution in [0.15, 0.2) is 24.3 Å². The number of hydrogen-bond acceptors (Lipinski definition) is 2. The Morgan fingerprint density at radius 1 is 0.833 bits per heavy atom. The van der Waals surface area contributed by atoms with E-state index in [0.29, 0.717) is 0 Å². The first kappa shape index (κ1) is 10.6. The molecule has 0 aromatic heterocycles. The van der Waals surface area contributed by atoms with Gasteiger partial charge in [-0.3, -0.25) is 0 Å². The van der Waals surface area contributed by atoms with Crippen LogP contribution in [0.25, 0.3) is 0 Å². The van der Waals surface area contributed by atoms with Crippen LogP contribution in [-0.2, 0) is 0 Å². The largest absolute Gasteiger partial charge is 0.508 e. The molecular weight excluding hydrogens is 173 g/mol. The van der Waals surface area contributed by atoms with Crippen LogP contribution in [0.4, 0.5) is 13.2 Å². The van der Waals surface area contributed by atoms with Gasteiger partial charge in [0.05, 0.1) is 0 Å². The summed E-state index contributed by atoms with van der Waals surface area (Å²) >= 11 is 0.